The summed E-state index contributed by atoms with van der Waals surface area (Å²) in [7, 11) is 0. The first-order valence-electron chi connectivity index (χ1n) is 9.14. The molecule has 1 heterocycles. The van der Waals surface area contributed by atoms with Gasteiger partial charge in [0.2, 0.25) is 0 Å². The van der Waals surface area contributed by atoms with Crippen molar-refractivity contribution >= 4 is 0 Å². The number of ether oxygens (including phenoxy) is 1. The molecule has 1 aliphatic rings. The third-order valence-electron chi connectivity index (χ3n) is 4.39. The van der Waals surface area contributed by atoms with Crippen molar-refractivity contribution in [2.24, 2.45) is 0 Å². The van der Waals surface area contributed by atoms with Crippen LogP contribution in [0.25, 0.3) is 0 Å². The van der Waals surface area contributed by atoms with Gasteiger partial charge in [-0.25, -0.2) is 0 Å². The summed E-state index contributed by atoms with van der Waals surface area (Å²) in [6, 6.07) is 0. The van der Waals surface area contributed by atoms with E-state index >= 15 is 0 Å². The van der Waals surface area contributed by atoms with Crippen LogP contribution in [0.5, 0.6) is 0 Å². The molecule has 0 amide bonds. The van der Waals surface area contributed by atoms with Crippen LogP contribution in [0.1, 0.15) is 96.8 Å². The van der Waals surface area contributed by atoms with Crippen molar-refractivity contribution in [1.82, 2.24) is 0 Å². The first-order valence-corrected chi connectivity index (χ1v) is 9.14. The smallest absolute Gasteiger partial charge is 0.107 e. The van der Waals surface area contributed by atoms with Gasteiger partial charge in [0, 0.05) is 0 Å². The van der Waals surface area contributed by atoms with Crippen molar-refractivity contribution in [3.8, 4) is 0 Å². The average molecular weight is 284 g/mol. The molecular weight excluding hydrogens is 248 g/mol. The van der Waals surface area contributed by atoms with E-state index in [-0.39, 0.29) is 12.2 Å². The molecule has 1 aliphatic heterocycles. The quantitative estimate of drug-likeness (QED) is 0.330. The number of aliphatic hydroxyl groups excluding tert-OH is 1. The van der Waals surface area contributed by atoms with Crippen LogP contribution in [0.15, 0.2) is 0 Å². The Morgan fingerprint density at radius 2 is 1.20 bits per heavy atom. The minimum Gasteiger partial charge on any atom is -0.390 e. The number of rotatable bonds is 15. The first kappa shape index (κ1) is 18.0. The number of aliphatic hydroxyl groups is 1. The van der Waals surface area contributed by atoms with Gasteiger partial charge >= 0.3 is 0 Å². The van der Waals surface area contributed by atoms with Crippen LogP contribution >= 0.6 is 0 Å². The highest BCUT2D eigenvalue weighted by Crippen LogP contribution is 2.19. The minimum atomic E-state index is -0.192. The maximum atomic E-state index is 9.64. The zero-order valence-corrected chi connectivity index (χ0v) is 13.6. The van der Waals surface area contributed by atoms with Gasteiger partial charge < -0.3 is 9.84 Å². The summed E-state index contributed by atoms with van der Waals surface area (Å²) in [6.45, 7) is 3.06. The highest BCUT2D eigenvalue weighted by molar-refractivity contribution is 4.77. The molecule has 120 valence electrons. The normalized spacial score (nSPS) is 19.2. The Morgan fingerprint density at radius 1 is 0.800 bits per heavy atom. The Kier molecular flexibility index (Phi) is 11.4. The molecule has 0 aromatic heterocycles. The number of hydrogen-bond acceptors (Lipinski definition) is 2. The lowest BCUT2D eigenvalue weighted by atomic mass is 10.0. The Bertz CT molecular complexity index is 202. The molecule has 0 aromatic rings. The van der Waals surface area contributed by atoms with E-state index in [9.17, 15) is 5.11 Å². The minimum absolute atomic E-state index is 0.173. The lowest BCUT2D eigenvalue weighted by Crippen LogP contribution is -2.13. The highest BCUT2D eigenvalue weighted by Gasteiger charge is 2.30. The fraction of sp³-hybridized carbons (Fsp3) is 1.00. The molecule has 2 atom stereocenters. The van der Waals surface area contributed by atoms with Gasteiger partial charge in [0.05, 0.1) is 12.7 Å². The fourth-order valence-electron chi connectivity index (χ4n) is 2.83. The van der Waals surface area contributed by atoms with Crippen LogP contribution in [-0.2, 0) is 4.74 Å². The Hall–Kier alpha value is -0.0800. The van der Waals surface area contributed by atoms with E-state index in [4.69, 9.17) is 4.74 Å². The van der Waals surface area contributed by atoms with Crippen LogP contribution in [0.3, 0.4) is 0 Å². The highest BCUT2D eigenvalue weighted by atomic mass is 16.6. The van der Waals surface area contributed by atoms with Crippen LogP contribution in [0.2, 0.25) is 0 Å². The SMILES string of the molecule is CCCCCCCCCCCCCCC[C@@H](O)[C@@H]1CO1. The van der Waals surface area contributed by atoms with E-state index in [2.05, 4.69) is 6.92 Å². The molecule has 0 radical (unpaired) electrons. The Balaban J connectivity index is 1.66. The van der Waals surface area contributed by atoms with Gasteiger partial charge in [-0.2, -0.15) is 0 Å². The van der Waals surface area contributed by atoms with Crippen molar-refractivity contribution in [2.75, 3.05) is 6.61 Å². The third-order valence-corrected chi connectivity index (χ3v) is 4.39. The topological polar surface area (TPSA) is 32.8 Å². The molecule has 1 fully saturated rings. The summed E-state index contributed by atoms with van der Waals surface area (Å²) >= 11 is 0. The summed E-state index contributed by atoms with van der Waals surface area (Å²) in [5.74, 6) is 0. The molecule has 2 heteroatoms. The maximum absolute atomic E-state index is 9.64. The van der Waals surface area contributed by atoms with Crippen LogP contribution < -0.4 is 0 Å². The molecule has 0 aromatic carbocycles. The summed E-state index contributed by atoms with van der Waals surface area (Å²) < 4.78 is 5.08. The molecule has 0 unspecified atom stereocenters. The van der Waals surface area contributed by atoms with E-state index in [0.717, 1.165) is 13.0 Å². The Morgan fingerprint density at radius 3 is 1.60 bits per heavy atom. The second-order valence-electron chi connectivity index (χ2n) is 6.47. The molecule has 0 saturated carbocycles. The van der Waals surface area contributed by atoms with Crippen LogP contribution in [0, 0.1) is 0 Å². The van der Waals surface area contributed by atoms with Gasteiger partial charge in [-0.05, 0) is 6.42 Å². The lowest BCUT2D eigenvalue weighted by molar-refractivity contribution is 0.123. The van der Waals surface area contributed by atoms with Gasteiger partial charge in [0.25, 0.3) is 0 Å². The van der Waals surface area contributed by atoms with Crippen molar-refractivity contribution in [1.29, 1.82) is 0 Å². The van der Waals surface area contributed by atoms with Crippen LogP contribution in [0.4, 0.5) is 0 Å². The first-order chi connectivity index (χ1) is 9.84. The van der Waals surface area contributed by atoms with Gasteiger partial charge in [-0.1, -0.05) is 90.4 Å². The molecule has 1 N–H and O–H groups in total. The zero-order valence-electron chi connectivity index (χ0n) is 13.6. The monoisotopic (exact) mass is 284 g/mol. The van der Waals surface area contributed by atoms with Crippen molar-refractivity contribution in [3.05, 3.63) is 0 Å². The van der Waals surface area contributed by atoms with Crippen molar-refractivity contribution in [3.63, 3.8) is 0 Å². The van der Waals surface area contributed by atoms with E-state index in [1.807, 2.05) is 0 Å². The maximum Gasteiger partial charge on any atom is 0.107 e. The van der Waals surface area contributed by atoms with E-state index in [1.165, 1.54) is 83.5 Å². The number of unbranched alkanes of at least 4 members (excludes halogenated alkanes) is 12. The molecule has 0 bridgehead atoms. The van der Waals surface area contributed by atoms with Crippen LogP contribution in [-0.4, -0.2) is 23.9 Å². The second-order valence-corrected chi connectivity index (χ2v) is 6.47. The zero-order chi connectivity index (χ0) is 14.5. The molecule has 1 rings (SSSR count). The number of hydrogen-bond donors (Lipinski definition) is 1. The van der Waals surface area contributed by atoms with Gasteiger partial charge in [0.1, 0.15) is 6.10 Å². The summed E-state index contributed by atoms with van der Waals surface area (Å²) in [5, 5.41) is 9.64. The second kappa shape index (κ2) is 12.6. The molecular formula is C18H36O2. The fourth-order valence-corrected chi connectivity index (χ4v) is 2.83. The average Bonchev–Trinajstić information content (AvgIpc) is 3.28. The molecule has 20 heavy (non-hydrogen) atoms. The molecule has 0 aliphatic carbocycles. The summed E-state index contributed by atoms with van der Waals surface area (Å²) in [4.78, 5) is 0. The summed E-state index contributed by atoms with van der Waals surface area (Å²) in [5.41, 5.74) is 0. The summed E-state index contributed by atoms with van der Waals surface area (Å²) in [6.07, 6.45) is 18.9. The largest absolute Gasteiger partial charge is 0.390 e. The molecule has 0 spiro atoms. The van der Waals surface area contributed by atoms with E-state index in [0.29, 0.717) is 0 Å². The predicted octanol–water partition coefficient (Wildman–Crippen LogP) is 5.23. The standard InChI is InChI=1S/C18H36O2/c1-2-3-4-5-6-7-8-9-10-11-12-13-14-15-17(19)18-16-20-18/h17-19H,2-16H2,1H3/t17-,18+/m1/s1. The predicted molar refractivity (Wildman–Crippen MR) is 86.1 cm³/mol. The third kappa shape index (κ3) is 10.7. The Labute approximate surface area is 126 Å². The van der Waals surface area contributed by atoms with Gasteiger partial charge in [-0.15, -0.1) is 0 Å². The van der Waals surface area contributed by atoms with E-state index < -0.39 is 0 Å². The number of epoxide rings is 1. The van der Waals surface area contributed by atoms with E-state index in [1.54, 1.807) is 0 Å². The van der Waals surface area contributed by atoms with Crippen molar-refractivity contribution < 1.29 is 9.84 Å². The molecule has 2 nitrogen and oxygen atoms in total. The van der Waals surface area contributed by atoms with Gasteiger partial charge in [-0.3, -0.25) is 0 Å². The molecule has 1 saturated heterocycles. The van der Waals surface area contributed by atoms with Crippen molar-refractivity contribution in [2.45, 2.75) is 109 Å². The lowest BCUT2D eigenvalue weighted by Gasteiger charge is -2.06. The van der Waals surface area contributed by atoms with Gasteiger partial charge in [0.15, 0.2) is 0 Å².